The summed E-state index contributed by atoms with van der Waals surface area (Å²) in [6.07, 6.45) is 4.29. The summed E-state index contributed by atoms with van der Waals surface area (Å²) in [4.78, 5) is 71.0. The van der Waals surface area contributed by atoms with Gasteiger partial charge in [-0.3, -0.25) is 19.2 Å². The molecule has 258 valence electrons. The van der Waals surface area contributed by atoms with Gasteiger partial charge in [-0.1, -0.05) is 52.3 Å². The molecule has 2 saturated carbocycles. The lowest BCUT2D eigenvalue weighted by Crippen LogP contribution is -2.59. The molecule has 4 fully saturated rings. The number of para-hydroxylation sites is 1. The highest BCUT2D eigenvalue weighted by Crippen LogP contribution is 2.45. The van der Waals surface area contributed by atoms with E-state index in [-0.39, 0.29) is 37.4 Å². The normalized spacial score (nSPS) is 25.0. The molecule has 0 unspecified atom stereocenters. The third kappa shape index (κ3) is 8.25. The lowest BCUT2D eigenvalue weighted by molar-refractivity contribution is -0.143. The van der Waals surface area contributed by atoms with Gasteiger partial charge in [-0.2, -0.15) is 0 Å². The number of nitrogens with one attached hydrogen (secondary N) is 3. The Morgan fingerprint density at radius 3 is 2.32 bits per heavy atom. The van der Waals surface area contributed by atoms with Crippen molar-refractivity contribution in [3.63, 3.8) is 0 Å². The minimum atomic E-state index is -1.45. The molecule has 5 amide bonds. The number of carbonyl (C=O) groups excluding carboxylic acids is 5. The van der Waals surface area contributed by atoms with E-state index >= 15 is 0 Å². The Hall–Kier alpha value is -3.67. The zero-order valence-electron chi connectivity index (χ0n) is 28.1. The van der Waals surface area contributed by atoms with E-state index in [2.05, 4.69) is 16.0 Å². The Morgan fingerprint density at radius 1 is 1.02 bits per heavy atom. The van der Waals surface area contributed by atoms with Gasteiger partial charge in [0, 0.05) is 36.7 Å². The molecule has 0 radical (unpaired) electrons. The molecule has 1 aromatic rings. The first-order valence-corrected chi connectivity index (χ1v) is 17.2. The molecule has 2 aliphatic heterocycles. The van der Waals surface area contributed by atoms with Crippen LogP contribution in [0.1, 0.15) is 91.9 Å². The van der Waals surface area contributed by atoms with Crippen LogP contribution in [0, 0.1) is 10.8 Å². The van der Waals surface area contributed by atoms with Gasteiger partial charge in [0.15, 0.2) is 6.10 Å². The van der Waals surface area contributed by atoms with Crippen molar-refractivity contribution in [3.05, 3.63) is 30.3 Å². The van der Waals surface area contributed by atoms with E-state index in [4.69, 9.17) is 4.74 Å². The van der Waals surface area contributed by atoms with Crippen molar-refractivity contribution in [2.45, 2.75) is 128 Å². The Labute approximate surface area is 277 Å². The summed E-state index contributed by atoms with van der Waals surface area (Å²) in [5.74, 6) is -1.56. The SMILES string of the molecule is CCC[C@H](NC(=O)[C@@H]1C[C@]2(CC(=O)N(c3ccccc3)C2)CN1C(=O)[C@@H](NC(=O)OC1CCCC1)C(C)(C)C)[C@H](O)C(=O)NC1CC1. The minimum Gasteiger partial charge on any atom is -0.446 e. The summed E-state index contributed by atoms with van der Waals surface area (Å²) in [6.45, 7) is 7.88. The van der Waals surface area contributed by atoms with Crippen molar-refractivity contribution < 1.29 is 33.8 Å². The number of likely N-dealkylation sites (tertiary alicyclic amines) is 1. The lowest BCUT2D eigenvalue weighted by atomic mass is 9.84. The van der Waals surface area contributed by atoms with Gasteiger partial charge >= 0.3 is 6.09 Å². The molecule has 2 saturated heterocycles. The molecule has 4 aliphatic rings. The van der Waals surface area contributed by atoms with Crippen LogP contribution < -0.4 is 20.9 Å². The fraction of sp³-hybridized carbons (Fsp3) is 0.686. The number of hydrogen-bond acceptors (Lipinski definition) is 7. The molecule has 5 rings (SSSR count). The van der Waals surface area contributed by atoms with E-state index in [0.29, 0.717) is 19.4 Å². The van der Waals surface area contributed by atoms with Gasteiger partial charge in [0.25, 0.3) is 5.91 Å². The number of aliphatic hydroxyl groups is 1. The number of alkyl carbamates (subject to hydrolysis) is 1. The summed E-state index contributed by atoms with van der Waals surface area (Å²) in [6, 6.07) is 6.51. The highest BCUT2D eigenvalue weighted by atomic mass is 16.6. The predicted molar refractivity (Wildman–Crippen MR) is 175 cm³/mol. The van der Waals surface area contributed by atoms with Crippen LogP contribution in [-0.2, 0) is 23.9 Å². The third-order valence-electron chi connectivity index (χ3n) is 9.93. The van der Waals surface area contributed by atoms with E-state index < -0.39 is 58.9 Å². The van der Waals surface area contributed by atoms with Crippen LogP contribution in [0.2, 0.25) is 0 Å². The first-order valence-electron chi connectivity index (χ1n) is 17.2. The molecule has 2 aliphatic carbocycles. The second kappa shape index (κ2) is 14.2. The van der Waals surface area contributed by atoms with Crippen molar-refractivity contribution in [2.75, 3.05) is 18.0 Å². The van der Waals surface area contributed by atoms with Gasteiger partial charge in [0.05, 0.1) is 6.04 Å². The zero-order chi connectivity index (χ0) is 33.9. The van der Waals surface area contributed by atoms with Crippen LogP contribution in [0.25, 0.3) is 0 Å². The Morgan fingerprint density at radius 2 is 1.70 bits per heavy atom. The number of nitrogens with zero attached hydrogens (tertiary/aromatic N) is 2. The molecule has 1 spiro atoms. The standard InChI is InChI=1S/C35H51N5O7/c1-5-11-25(28(42)31(44)36-22-16-17-22)37-30(43)26-18-35(19-27(41)39(20-35)23-12-7-6-8-13-23)21-40(26)32(45)29(34(2,3)4)38-33(46)47-24-14-9-10-15-24/h6-8,12-13,22,24-26,28-29,42H,5,9-11,14-21H2,1-4H3,(H,36,44)(H,37,43)(H,38,46)/t25-,26-,28-,29+,35+/m0/s1. The highest BCUT2D eigenvalue weighted by Gasteiger charge is 2.56. The van der Waals surface area contributed by atoms with Crippen molar-refractivity contribution in [3.8, 4) is 0 Å². The van der Waals surface area contributed by atoms with Crippen molar-refractivity contribution >= 4 is 35.4 Å². The topological polar surface area (TPSA) is 157 Å². The first-order chi connectivity index (χ1) is 22.3. The smallest absolute Gasteiger partial charge is 0.408 e. The first kappa shape index (κ1) is 34.7. The molecule has 4 N–H and O–H groups in total. The quantitative estimate of drug-likeness (QED) is 0.286. The molecular formula is C35H51N5O7. The van der Waals surface area contributed by atoms with Crippen LogP contribution in [0.15, 0.2) is 30.3 Å². The number of amides is 5. The summed E-state index contributed by atoms with van der Waals surface area (Å²) in [5, 5.41) is 19.4. The lowest BCUT2D eigenvalue weighted by Gasteiger charge is -2.36. The fourth-order valence-electron chi connectivity index (χ4n) is 7.22. The molecule has 0 aromatic heterocycles. The van der Waals surface area contributed by atoms with Crippen LogP contribution in [0.4, 0.5) is 10.5 Å². The van der Waals surface area contributed by atoms with E-state index in [9.17, 15) is 29.1 Å². The van der Waals surface area contributed by atoms with Crippen molar-refractivity contribution in [2.24, 2.45) is 10.8 Å². The van der Waals surface area contributed by atoms with Crippen LogP contribution in [0.3, 0.4) is 0 Å². The molecule has 5 atom stereocenters. The van der Waals surface area contributed by atoms with E-state index in [0.717, 1.165) is 44.2 Å². The molecule has 1 aromatic carbocycles. The molecule has 2 heterocycles. The summed E-state index contributed by atoms with van der Waals surface area (Å²) >= 11 is 0. The van der Waals surface area contributed by atoms with E-state index in [1.165, 1.54) is 4.90 Å². The zero-order valence-corrected chi connectivity index (χ0v) is 28.1. The van der Waals surface area contributed by atoms with Gasteiger partial charge in [-0.05, 0) is 68.9 Å². The number of aliphatic hydroxyl groups excluding tert-OH is 1. The van der Waals surface area contributed by atoms with Crippen molar-refractivity contribution in [1.29, 1.82) is 0 Å². The second-order valence-corrected chi connectivity index (χ2v) is 15.1. The number of anilines is 1. The van der Waals surface area contributed by atoms with Crippen LogP contribution in [0.5, 0.6) is 0 Å². The van der Waals surface area contributed by atoms with Gasteiger partial charge in [0.2, 0.25) is 17.7 Å². The maximum atomic E-state index is 14.5. The maximum Gasteiger partial charge on any atom is 0.408 e. The molecule has 0 bridgehead atoms. The summed E-state index contributed by atoms with van der Waals surface area (Å²) in [5.41, 5.74) is -0.692. The average Bonchev–Trinajstić information content (AvgIpc) is 3.39. The van der Waals surface area contributed by atoms with Crippen LogP contribution in [-0.4, -0.2) is 89.2 Å². The Balaban J connectivity index is 1.40. The molecular weight excluding hydrogens is 602 g/mol. The average molecular weight is 654 g/mol. The van der Waals surface area contributed by atoms with Gasteiger partial charge < -0.3 is 35.6 Å². The van der Waals surface area contributed by atoms with E-state index in [1.807, 2.05) is 58.0 Å². The molecule has 12 nitrogen and oxygen atoms in total. The predicted octanol–water partition coefficient (Wildman–Crippen LogP) is 3.02. The van der Waals surface area contributed by atoms with E-state index in [1.54, 1.807) is 4.90 Å². The number of rotatable bonds is 11. The third-order valence-corrected chi connectivity index (χ3v) is 9.93. The maximum absolute atomic E-state index is 14.5. The Kier molecular flexibility index (Phi) is 10.5. The fourth-order valence-corrected chi connectivity index (χ4v) is 7.22. The largest absolute Gasteiger partial charge is 0.446 e. The van der Waals surface area contributed by atoms with Crippen molar-refractivity contribution in [1.82, 2.24) is 20.9 Å². The number of ether oxygens (including phenoxy) is 1. The summed E-state index contributed by atoms with van der Waals surface area (Å²) in [7, 11) is 0. The van der Waals surface area contributed by atoms with Gasteiger partial charge in [-0.25, -0.2) is 4.79 Å². The molecule has 47 heavy (non-hydrogen) atoms. The number of benzene rings is 1. The van der Waals surface area contributed by atoms with Gasteiger partial charge in [0.1, 0.15) is 18.2 Å². The second-order valence-electron chi connectivity index (χ2n) is 15.1. The van der Waals surface area contributed by atoms with Gasteiger partial charge in [-0.15, -0.1) is 0 Å². The Bertz CT molecular complexity index is 1320. The van der Waals surface area contributed by atoms with Crippen LogP contribution >= 0.6 is 0 Å². The monoisotopic (exact) mass is 653 g/mol. The molecule has 12 heteroatoms. The number of hydrogen-bond donors (Lipinski definition) is 4. The minimum absolute atomic E-state index is 0.0487. The summed E-state index contributed by atoms with van der Waals surface area (Å²) < 4.78 is 5.64. The highest BCUT2D eigenvalue weighted by molar-refractivity contribution is 5.98. The number of carbonyl (C=O) groups is 5.